The van der Waals surface area contributed by atoms with Crippen molar-refractivity contribution in [1.82, 2.24) is 0 Å². The molecular formula is C14H16O3. The predicted molar refractivity (Wildman–Crippen MR) is 64.8 cm³/mol. The number of hydrogen-bond acceptors (Lipinski definition) is 3. The molecular weight excluding hydrogens is 216 g/mol. The highest BCUT2D eigenvalue weighted by Crippen LogP contribution is 2.22. The molecule has 1 N–H and O–H groups in total. The van der Waals surface area contributed by atoms with Crippen LogP contribution in [0.2, 0.25) is 0 Å². The van der Waals surface area contributed by atoms with E-state index in [-0.39, 0.29) is 0 Å². The molecule has 90 valence electrons. The zero-order valence-electron chi connectivity index (χ0n) is 9.80. The second kappa shape index (κ2) is 5.66. The molecule has 1 unspecified atom stereocenters. The van der Waals surface area contributed by atoms with E-state index in [1.807, 2.05) is 24.3 Å². The highest BCUT2D eigenvalue weighted by Gasteiger charge is 2.10. The molecule has 0 fully saturated rings. The first-order valence-corrected chi connectivity index (χ1v) is 5.59. The van der Waals surface area contributed by atoms with Crippen molar-refractivity contribution in [3.8, 4) is 0 Å². The van der Waals surface area contributed by atoms with Crippen molar-refractivity contribution >= 4 is 0 Å². The molecule has 0 spiro atoms. The first-order valence-electron chi connectivity index (χ1n) is 5.59. The van der Waals surface area contributed by atoms with E-state index in [1.165, 1.54) is 5.56 Å². The SMILES string of the molecule is COCCc1ccc(C(O)c2ccoc2)cc1. The van der Waals surface area contributed by atoms with Crippen LogP contribution in [0.1, 0.15) is 22.8 Å². The van der Waals surface area contributed by atoms with Gasteiger partial charge in [-0.1, -0.05) is 24.3 Å². The number of methoxy groups -OCH3 is 1. The second-order valence-electron chi connectivity index (χ2n) is 3.94. The summed E-state index contributed by atoms with van der Waals surface area (Å²) < 4.78 is 9.98. The third kappa shape index (κ3) is 2.96. The summed E-state index contributed by atoms with van der Waals surface area (Å²) in [5.41, 5.74) is 2.84. The largest absolute Gasteiger partial charge is 0.472 e. The maximum absolute atomic E-state index is 10.1. The van der Waals surface area contributed by atoms with Crippen LogP contribution in [0.25, 0.3) is 0 Å². The van der Waals surface area contributed by atoms with E-state index in [0.717, 1.165) is 17.5 Å². The zero-order valence-corrected chi connectivity index (χ0v) is 9.80. The number of benzene rings is 1. The molecule has 2 aromatic rings. The van der Waals surface area contributed by atoms with Crippen LogP contribution in [0.5, 0.6) is 0 Å². The van der Waals surface area contributed by atoms with Gasteiger partial charge in [-0.15, -0.1) is 0 Å². The van der Waals surface area contributed by atoms with E-state index in [9.17, 15) is 5.11 Å². The van der Waals surface area contributed by atoms with Crippen LogP contribution < -0.4 is 0 Å². The van der Waals surface area contributed by atoms with Crippen LogP contribution in [-0.2, 0) is 11.2 Å². The molecule has 3 nitrogen and oxygen atoms in total. The van der Waals surface area contributed by atoms with Gasteiger partial charge in [-0.2, -0.15) is 0 Å². The number of ether oxygens (including phenoxy) is 1. The molecule has 1 heterocycles. The van der Waals surface area contributed by atoms with Crippen molar-refractivity contribution in [2.45, 2.75) is 12.5 Å². The molecule has 2 rings (SSSR count). The molecule has 17 heavy (non-hydrogen) atoms. The monoisotopic (exact) mass is 232 g/mol. The second-order valence-corrected chi connectivity index (χ2v) is 3.94. The van der Waals surface area contributed by atoms with Crippen molar-refractivity contribution < 1.29 is 14.3 Å². The Morgan fingerprint density at radius 2 is 1.94 bits per heavy atom. The first kappa shape index (κ1) is 11.9. The van der Waals surface area contributed by atoms with Crippen LogP contribution in [0.15, 0.2) is 47.3 Å². The summed E-state index contributed by atoms with van der Waals surface area (Å²) in [5.74, 6) is 0. The van der Waals surface area contributed by atoms with Gasteiger partial charge in [0, 0.05) is 12.7 Å². The fourth-order valence-corrected chi connectivity index (χ4v) is 1.71. The lowest BCUT2D eigenvalue weighted by Crippen LogP contribution is -1.99. The van der Waals surface area contributed by atoms with Crippen LogP contribution in [0.3, 0.4) is 0 Å². The molecule has 0 bridgehead atoms. The summed E-state index contributed by atoms with van der Waals surface area (Å²) in [6.07, 6.45) is 3.39. The Morgan fingerprint density at radius 1 is 1.18 bits per heavy atom. The lowest BCUT2D eigenvalue weighted by atomic mass is 10.0. The minimum Gasteiger partial charge on any atom is -0.472 e. The first-order chi connectivity index (χ1) is 8.31. The van der Waals surface area contributed by atoms with Crippen LogP contribution in [-0.4, -0.2) is 18.8 Å². The van der Waals surface area contributed by atoms with Crippen molar-refractivity contribution in [3.63, 3.8) is 0 Å². The molecule has 3 heteroatoms. The van der Waals surface area contributed by atoms with E-state index >= 15 is 0 Å². The molecule has 0 saturated heterocycles. The van der Waals surface area contributed by atoms with E-state index < -0.39 is 6.10 Å². The van der Waals surface area contributed by atoms with Crippen molar-refractivity contribution in [2.24, 2.45) is 0 Å². The minimum absolute atomic E-state index is 0.620. The summed E-state index contributed by atoms with van der Waals surface area (Å²) in [6.45, 7) is 0.712. The van der Waals surface area contributed by atoms with E-state index in [2.05, 4.69) is 0 Å². The zero-order chi connectivity index (χ0) is 12.1. The number of hydrogen-bond donors (Lipinski definition) is 1. The molecule has 0 aliphatic rings. The lowest BCUT2D eigenvalue weighted by Gasteiger charge is -2.09. The van der Waals surface area contributed by atoms with Gasteiger partial charge in [-0.25, -0.2) is 0 Å². The maximum atomic E-state index is 10.1. The Morgan fingerprint density at radius 3 is 2.53 bits per heavy atom. The van der Waals surface area contributed by atoms with Gasteiger partial charge in [0.2, 0.25) is 0 Å². The molecule has 1 aromatic heterocycles. The molecule has 1 aromatic carbocycles. The van der Waals surface area contributed by atoms with Crippen molar-refractivity contribution in [1.29, 1.82) is 0 Å². The molecule has 1 atom stereocenters. The third-order valence-corrected chi connectivity index (χ3v) is 2.75. The minimum atomic E-state index is -0.620. The molecule has 0 saturated carbocycles. The Bertz CT molecular complexity index is 431. The van der Waals surface area contributed by atoms with Gasteiger partial charge in [0.15, 0.2) is 0 Å². The van der Waals surface area contributed by atoms with Gasteiger partial charge < -0.3 is 14.3 Å². The average molecular weight is 232 g/mol. The summed E-state index contributed by atoms with van der Waals surface area (Å²) in [6, 6.07) is 9.66. The highest BCUT2D eigenvalue weighted by molar-refractivity contribution is 5.30. The Balaban J connectivity index is 2.07. The van der Waals surface area contributed by atoms with Gasteiger partial charge in [0.25, 0.3) is 0 Å². The predicted octanol–water partition coefficient (Wildman–Crippen LogP) is 2.55. The summed E-state index contributed by atoms with van der Waals surface area (Å²) in [4.78, 5) is 0. The van der Waals surface area contributed by atoms with E-state index in [4.69, 9.17) is 9.15 Å². The Kier molecular flexibility index (Phi) is 3.96. The quantitative estimate of drug-likeness (QED) is 0.861. The normalized spacial score (nSPS) is 12.6. The number of aliphatic hydroxyl groups is 1. The standard InChI is InChI=1S/C14H16O3/c1-16-8-6-11-2-4-12(5-3-11)14(15)13-7-9-17-10-13/h2-5,7,9-10,14-15H,6,8H2,1H3. The Labute approximate surface area is 101 Å². The molecule has 0 radical (unpaired) electrons. The van der Waals surface area contributed by atoms with Crippen molar-refractivity contribution in [3.05, 3.63) is 59.5 Å². The fourth-order valence-electron chi connectivity index (χ4n) is 1.71. The molecule has 0 aliphatic carbocycles. The number of furan rings is 1. The molecule has 0 amide bonds. The van der Waals surface area contributed by atoms with E-state index in [1.54, 1.807) is 25.7 Å². The van der Waals surface area contributed by atoms with Crippen LogP contribution in [0.4, 0.5) is 0 Å². The lowest BCUT2D eigenvalue weighted by molar-refractivity contribution is 0.202. The van der Waals surface area contributed by atoms with Crippen LogP contribution >= 0.6 is 0 Å². The molecule has 0 aliphatic heterocycles. The van der Waals surface area contributed by atoms with E-state index in [0.29, 0.717) is 6.61 Å². The van der Waals surface area contributed by atoms with Gasteiger partial charge >= 0.3 is 0 Å². The van der Waals surface area contributed by atoms with Crippen LogP contribution in [0, 0.1) is 0 Å². The van der Waals surface area contributed by atoms with Crippen molar-refractivity contribution in [2.75, 3.05) is 13.7 Å². The average Bonchev–Trinajstić information content (AvgIpc) is 2.90. The Hall–Kier alpha value is -1.58. The fraction of sp³-hybridized carbons (Fsp3) is 0.286. The number of rotatable bonds is 5. The van der Waals surface area contributed by atoms with Gasteiger partial charge in [-0.05, 0) is 23.6 Å². The van der Waals surface area contributed by atoms with Gasteiger partial charge in [0.1, 0.15) is 6.10 Å². The summed E-state index contributed by atoms with van der Waals surface area (Å²) in [5, 5.41) is 10.1. The van der Waals surface area contributed by atoms with Gasteiger partial charge in [0.05, 0.1) is 19.1 Å². The summed E-state index contributed by atoms with van der Waals surface area (Å²) in [7, 11) is 1.69. The highest BCUT2D eigenvalue weighted by atomic mass is 16.5. The number of aliphatic hydroxyl groups excluding tert-OH is 1. The van der Waals surface area contributed by atoms with Gasteiger partial charge in [-0.3, -0.25) is 0 Å². The smallest absolute Gasteiger partial charge is 0.107 e. The third-order valence-electron chi connectivity index (χ3n) is 2.75. The summed E-state index contributed by atoms with van der Waals surface area (Å²) >= 11 is 0. The maximum Gasteiger partial charge on any atom is 0.107 e. The topological polar surface area (TPSA) is 42.6 Å².